The van der Waals surface area contributed by atoms with Crippen molar-refractivity contribution in [2.45, 2.75) is 13.8 Å². The van der Waals surface area contributed by atoms with E-state index in [0.717, 1.165) is 0 Å². The van der Waals surface area contributed by atoms with Crippen molar-refractivity contribution in [1.82, 2.24) is 0 Å². The molecule has 53 valence electrons. The molecule has 0 aliphatic rings. The molecule has 1 aromatic carbocycles. The average molecular weight is 209 g/mol. The first-order chi connectivity index (χ1) is 4.39. The first-order valence-electron chi connectivity index (χ1n) is 3.03. The second-order valence-electron chi connectivity index (χ2n) is 1.58. The van der Waals surface area contributed by atoms with E-state index in [9.17, 15) is 0 Å². The second-order valence-corrected chi connectivity index (χ2v) is 1.58. The summed E-state index contributed by atoms with van der Waals surface area (Å²) in [5.74, 6) is 0. The molecule has 1 heteroatoms. The summed E-state index contributed by atoms with van der Waals surface area (Å²) in [6.45, 7) is 7.05. The van der Waals surface area contributed by atoms with Crippen LogP contribution in [-0.4, -0.2) is 0 Å². The van der Waals surface area contributed by atoms with E-state index < -0.39 is 0 Å². The van der Waals surface area contributed by atoms with Crippen molar-refractivity contribution in [2.75, 3.05) is 0 Å². The monoisotopic (exact) mass is 209 g/mol. The van der Waals surface area contributed by atoms with Gasteiger partial charge >= 0.3 is 0 Å². The van der Waals surface area contributed by atoms with Crippen LogP contribution in [0.3, 0.4) is 0 Å². The Labute approximate surface area is 88.9 Å². The van der Waals surface area contributed by atoms with Crippen LogP contribution < -0.4 is 0 Å². The first-order valence-corrected chi connectivity index (χ1v) is 3.03. The molecular weight excluding hydrogens is 197 g/mol. The summed E-state index contributed by atoms with van der Waals surface area (Å²) in [5.41, 5.74) is 1.27. The molecular formula is C9H12Y-2. The number of aryl methyl sites for hydroxylation is 1. The summed E-state index contributed by atoms with van der Waals surface area (Å²) in [6.07, 6.45) is 0. The quantitative estimate of drug-likeness (QED) is 0.576. The molecule has 1 radical (unpaired) electrons. The van der Waals surface area contributed by atoms with Crippen LogP contribution in [0.1, 0.15) is 12.5 Å². The molecule has 0 atom stereocenters. The van der Waals surface area contributed by atoms with Crippen molar-refractivity contribution >= 4 is 0 Å². The Morgan fingerprint density at radius 3 is 2.20 bits per heavy atom. The molecule has 0 spiro atoms. The molecule has 0 aromatic heterocycles. The molecule has 0 heterocycles. The van der Waals surface area contributed by atoms with Gasteiger partial charge in [-0.05, 0) is 0 Å². The molecule has 0 saturated carbocycles. The van der Waals surface area contributed by atoms with Crippen LogP contribution >= 0.6 is 0 Å². The van der Waals surface area contributed by atoms with Crippen LogP contribution in [0.4, 0.5) is 0 Å². The molecule has 1 aromatic rings. The maximum Gasteiger partial charge on any atom is 0 e. The SMILES string of the molecule is Cc1c[c-]ccc1.[CH2-]C.[Y]. The van der Waals surface area contributed by atoms with Gasteiger partial charge in [-0.1, -0.05) is 6.92 Å². The Kier molecular flexibility index (Phi) is 12.1. The Bertz CT molecular complexity index is 135. The fraction of sp³-hybridized carbons (Fsp3) is 0.222. The zero-order valence-corrected chi connectivity index (χ0v) is 9.43. The van der Waals surface area contributed by atoms with Crippen molar-refractivity contribution in [2.24, 2.45) is 0 Å². The fourth-order valence-corrected chi connectivity index (χ4v) is 0.483. The van der Waals surface area contributed by atoms with Gasteiger partial charge in [0.2, 0.25) is 0 Å². The Balaban J connectivity index is 0. The van der Waals surface area contributed by atoms with Crippen LogP contribution in [0.5, 0.6) is 0 Å². The van der Waals surface area contributed by atoms with Crippen LogP contribution in [0, 0.1) is 19.9 Å². The number of benzene rings is 1. The van der Waals surface area contributed by atoms with E-state index in [1.54, 1.807) is 6.92 Å². The van der Waals surface area contributed by atoms with E-state index >= 15 is 0 Å². The van der Waals surface area contributed by atoms with Gasteiger partial charge in [-0.25, -0.2) is 0 Å². The molecule has 0 N–H and O–H groups in total. The van der Waals surface area contributed by atoms with Gasteiger partial charge in [0.15, 0.2) is 0 Å². The minimum absolute atomic E-state index is 0. The van der Waals surface area contributed by atoms with Crippen LogP contribution in [0.25, 0.3) is 0 Å². The summed E-state index contributed by atoms with van der Waals surface area (Å²) < 4.78 is 0. The van der Waals surface area contributed by atoms with Crippen molar-refractivity contribution < 1.29 is 32.7 Å². The molecule has 10 heavy (non-hydrogen) atoms. The van der Waals surface area contributed by atoms with E-state index in [1.807, 2.05) is 18.2 Å². The molecule has 0 nitrogen and oxygen atoms in total. The molecule has 1 rings (SSSR count). The van der Waals surface area contributed by atoms with E-state index in [2.05, 4.69) is 26.0 Å². The number of rotatable bonds is 0. The smallest absolute Gasteiger partial charge is 0 e. The maximum atomic E-state index is 3.25. The van der Waals surface area contributed by atoms with Gasteiger partial charge in [0.25, 0.3) is 0 Å². The number of hydrogen-bond acceptors (Lipinski definition) is 0. The van der Waals surface area contributed by atoms with E-state index in [-0.39, 0.29) is 32.7 Å². The minimum Gasteiger partial charge on any atom is -0.346 e. The topological polar surface area (TPSA) is 0 Å². The third-order valence-corrected chi connectivity index (χ3v) is 0.863. The molecule has 0 saturated heterocycles. The van der Waals surface area contributed by atoms with Crippen LogP contribution in [0.15, 0.2) is 24.3 Å². The predicted octanol–water partition coefficient (Wildman–Crippen LogP) is 2.63. The molecule has 0 aliphatic heterocycles. The Morgan fingerprint density at radius 2 is 2.00 bits per heavy atom. The van der Waals surface area contributed by atoms with Crippen molar-refractivity contribution in [1.29, 1.82) is 0 Å². The zero-order chi connectivity index (χ0) is 7.11. The first kappa shape index (κ1) is 13.0. The summed E-state index contributed by atoms with van der Waals surface area (Å²) in [7, 11) is 0. The summed E-state index contributed by atoms with van der Waals surface area (Å²) in [6, 6.07) is 10.8. The Hall–Kier alpha value is 0.324. The average Bonchev–Trinajstić information content (AvgIpc) is 1.94. The van der Waals surface area contributed by atoms with E-state index in [1.165, 1.54) is 5.56 Å². The Morgan fingerprint density at radius 1 is 1.40 bits per heavy atom. The standard InChI is InChI=1S/C7H7.C2H5.Y/c1-7-5-3-2-4-6-7;1-2;/h2-3,5-6H,1H3;1H2,2H3;/q2*-1;. The van der Waals surface area contributed by atoms with Crippen molar-refractivity contribution in [3.63, 3.8) is 0 Å². The van der Waals surface area contributed by atoms with Crippen LogP contribution in [0.2, 0.25) is 0 Å². The van der Waals surface area contributed by atoms with Gasteiger partial charge in [0.1, 0.15) is 0 Å². The van der Waals surface area contributed by atoms with E-state index in [4.69, 9.17) is 0 Å². The van der Waals surface area contributed by atoms with Gasteiger partial charge < -0.3 is 6.92 Å². The summed E-state index contributed by atoms with van der Waals surface area (Å²) in [4.78, 5) is 0. The van der Waals surface area contributed by atoms with Gasteiger partial charge in [-0.2, -0.15) is 42.8 Å². The molecule has 0 aliphatic carbocycles. The third-order valence-electron chi connectivity index (χ3n) is 0.863. The third kappa shape index (κ3) is 6.44. The van der Waals surface area contributed by atoms with Gasteiger partial charge in [-0.15, -0.1) is 0 Å². The van der Waals surface area contributed by atoms with Crippen molar-refractivity contribution in [3.8, 4) is 0 Å². The number of hydrogen-bond donors (Lipinski definition) is 0. The zero-order valence-electron chi connectivity index (χ0n) is 6.59. The van der Waals surface area contributed by atoms with Crippen LogP contribution in [-0.2, 0) is 32.7 Å². The summed E-state index contributed by atoms with van der Waals surface area (Å²) >= 11 is 0. The fourth-order valence-electron chi connectivity index (χ4n) is 0.483. The minimum atomic E-state index is 0. The molecule has 0 unspecified atom stereocenters. The second kappa shape index (κ2) is 9.32. The van der Waals surface area contributed by atoms with Gasteiger partial charge in [-0.3, -0.25) is 0 Å². The predicted molar refractivity (Wildman–Crippen MR) is 41.0 cm³/mol. The molecule has 0 fully saturated rings. The normalized spacial score (nSPS) is 6.70. The van der Waals surface area contributed by atoms with Gasteiger partial charge in [0.05, 0.1) is 0 Å². The van der Waals surface area contributed by atoms with E-state index in [0.29, 0.717) is 0 Å². The molecule has 0 bridgehead atoms. The largest absolute Gasteiger partial charge is 0.346 e. The van der Waals surface area contributed by atoms with Gasteiger partial charge in [0, 0.05) is 32.7 Å². The molecule has 0 amide bonds. The maximum absolute atomic E-state index is 3.25. The summed E-state index contributed by atoms with van der Waals surface area (Å²) in [5, 5.41) is 0. The van der Waals surface area contributed by atoms with Crippen molar-refractivity contribution in [3.05, 3.63) is 42.8 Å².